The van der Waals surface area contributed by atoms with Gasteiger partial charge in [0, 0.05) is 18.2 Å². The number of hydrogen-bond donors (Lipinski definition) is 0. The molecule has 7 nitrogen and oxygen atoms in total. The van der Waals surface area contributed by atoms with Gasteiger partial charge in [-0.2, -0.15) is 9.57 Å². The SMILES string of the molecule is Cc1cc(C)c(S(=O)(=O)N(C)CC#N)c(C)c1[N+](=O)[O-]. The fourth-order valence-corrected chi connectivity index (χ4v) is 3.66. The molecule has 0 aliphatic heterocycles. The number of hydrogen-bond acceptors (Lipinski definition) is 5. The van der Waals surface area contributed by atoms with E-state index >= 15 is 0 Å². The van der Waals surface area contributed by atoms with Crippen LogP contribution < -0.4 is 0 Å². The maximum Gasteiger partial charge on any atom is 0.276 e. The lowest BCUT2D eigenvalue weighted by Crippen LogP contribution is -2.28. The molecule has 1 aromatic carbocycles. The van der Waals surface area contributed by atoms with Crippen molar-refractivity contribution in [1.82, 2.24) is 4.31 Å². The van der Waals surface area contributed by atoms with Crippen molar-refractivity contribution in [3.8, 4) is 6.07 Å². The number of nitro groups is 1. The predicted molar refractivity (Wildman–Crippen MR) is 72.7 cm³/mol. The van der Waals surface area contributed by atoms with Crippen LogP contribution in [0, 0.1) is 42.2 Å². The molecule has 1 rings (SSSR count). The number of nitro benzene ring substituents is 1. The van der Waals surface area contributed by atoms with Crippen molar-refractivity contribution < 1.29 is 13.3 Å². The van der Waals surface area contributed by atoms with Crippen LogP contribution in [0.1, 0.15) is 16.7 Å². The van der Waals surface area contributed by atoms with Crippen LogP contribution in [0.5, 0.6) is 0 Å². The van der Waals surface area contributed by atoms with Gasteiger partial charge in [-0.3, -0.25) is 10.1 Å². The highest BCUT2D eigenvalue weighted by molar-refractivity contribution is 7.89. The average molecular weight is 297 g/mol. The molecule has 0 aliphatic rings. The zero-order valence-electron chi connectivity index (χ0n) is 11.7. The Bertz CT molecular complexity index is 704. The van der Waals surface area contributed by atoms with E-state index in [-0.39, 0.29) is 22.7 Å². The highest BCUT2D eigenvalue weighted by Gasteiger charge is 2.30. The van der Waals surface area contributed by atoms with Gasteiger partial charge in [-0.25, -0.2) is 8.42 Å². The van der Waals surface area contributed by atoms with E-state index in [1.54, 1.807) is 19.9 Å². The number of benzene rings is 1. The number of nitriles is 1. The molecule has 0 heterocycles. The van der Waals surface area contributed by atoms with Gasteiger partial charge < -0.3 is 0 Å². The second-order valence-electron chi connectivity index (χ2n) is 4.49. The molecule has 108 valence electrons. The van der Waals surface area contributed by atoms with Crippen molar-refractivity contribution in [1.29, 1.82) is 5.26 Å². The molecule has 20 heavy (non-hydrogen) atoms. The third-order valence-corrected chi connectivity index (χ3v) is 5.10. The zero-order chi connectivity index (χ0) is 15.7. The summed E-state index contributed by atoms with van der Waals surface area (Å²) in [6.45, 7) is 4.23. The van der Waals surface area contributed by atoms with E-state index < -0.39 is 14.9 Å². The largest absolute Gasteiger partial charge is 0.276 e. The minimum atomic E-state index is -3.93. The smallest absolute Gasteiger partial charge is 0.258 e. The highest BCUT2D eigenvalue weighted by atomic mass is 32.2. The third-order valence-electron chi connectivity index (χ3n) is 3.00. The van der Waals surface area contributed by atoms with Crippen molar-refractivity contribution in [3.63, 3.8) is 0 Å². The van der Waals surface area contributed by atoms with Crippen LogP contribution >= 0.6 is 0 Å². The van der Waals surface area contributed by atoms with E-state index in [9.17, 15) is 18.5 Å². The molecule has 0 spiro atoms. The summed E-state index contributed by atoms with van der Waals surface area (Å²) in [6, 6.07) is 3.21. The second kappa shape index (κ2) is 5.56. The molecule has 0 aliphatic carbocycles. The number of nitrogens with zero attached hydrogens (tertiary/aromatic N) is 3. The molecule has 0 N–H and O–H groups in total. The molecule has 0 aromatic heterocycles. The Labute approximate surface area is 117 Å². The summed E-state index contributed by atoms with van der Waals surface area (Å²) in [6.07, 6.45) is 0. The molecule has 0 saturated heterocycles. The lowest BCUT2D eigenvalue weighted by Gasteiger charge is -2.18. The quantitative estimate of drug-likeness (QED) is 0.477. The Hall–Kier alpha value is -1.98. The standard InChI is InChI=1S/C12H15N3O4S/c1-8-7-9(2)12(10(3)11(8)15(16)17)20(18,19)14(4)6-5-13/h7H,6H2,1-4H3. The van der Waals surface area contributed by atoms with Crippen LogP contribution in [0.4, 0.5) is 5.69 Å². The first-order valence-electron chi connectivity index (χ1n) is 5.73. The summed E-state index contributed by atoms with van der Waals surface area (Å²) < 4.78 is 25.7. The number of sulfonamides is 1. The molecule has 0 amide bonds. The fraction of sp³-hybridized carbons (Fsp3) is 0.417. The summed E-state index contributed by atoms with van der Waals surface area (Å²) in [4.78, 5) is 10.4. The van der Waals surface area contributed by atoms with Gasteiger partial charge >= 0.3 is 0 Å². The Morgan fingerprint density at radius 1 is 1.35 bits per heavy atom. The summed E-state index contributed by atoms with van der Waals surface area (Å²) in [5, 5.41) is 19.7. The van der Waals surface area contributed by atoms with E-state index in [0.29, 0.717) is 11.1 Å². The van der Waals surface area contributed by atoms with E-state index in [1.807, 2.05) is 0 Å². The zero-order valence-corrected chi connectivity index (χ0v) is 12.5. The van der Waals surface area contributed by atoms with Gasteiger partial charge in [0.2, 0.25) is 10.0 Å². The van der Waals surface area contributed by atoms with Gasteiger partial charge in [0.15, 0.2) is 0 Å². The number of rotatable bonds is 4. The predicted octanol–water partition coefficient (Wildman–Crippen LogP) is 1.66. The van der Waals surface area contributed by atoms with Crippen LogP contribution in [0.2, 0.25) is 0 Å². The third kappa shape index (κ3) is 2.64. The summed E-state index contributed by atoms with van der Waals surface area (Å²) >= 11 is 0. The first kappa shape index (κ1) is 16.1. The summed E-state index contributed by atoms with van der Waals surface area (Å²) in [5.41, 5.74) is 0.721. The van der Waals surface area contributed by atoms with Crippen LogP contribution in [0.25, 0.3) is 0 Å². The van der Waals surface area contributed by atoms with Gasteiger partial charge in [0.25, 0.3) is 5.69 Å². The van der Waals surface area contributed by atoms with Crippen molar-refractivity contribution in [2.45, 2.75) is 25.7 Å². The maximum absolute atomic E-state index is 12.4. The second-order valence-corrected chi connectivity index (χ2v) is 6.47. The average Bonchev–Trinajstić information content (AvgIpc) is 2.26. The van der Waals surface area contributed by atoms with Crippen LogP contribution in [0.3, 0.4) is 0 Å². The number of aryl methyl sites for hydroxylation is 2. The molecule has 8 heteroatoms. The van der Waals surface area contributed by atoms with E-state index in [0.717, 1.165) is 4.31 Å². The van der Waals surface area contributed by atoms with E-state index in [4.69, 9.17) is 5.26 Å². The summed E-state index contributed by atoms with van der Waals surface area (Å²) in [7, 11) is -2.66. The monoisotopic (exact) mass is 297 g/mol. The van der Waals surface area contributed by atoms with Gasteiger partial charge in [-0.1, -0.05) is 0 Å². The first-order valence-corrected chi connectivity index (χ1v) is 7.17. The van der Waals surface area contributed by atoms with Crippen molar-refractivity contribution in [2.24, 2.45) is 0 Å². The Balaban J connectivity index is 3.67. The lowest BCUT2D eigenvalue weighted by molar-refractivity contribution is -0.386. The van der Waals surface area contributed by atoms with Gasteiger partial charge in [-0.05, 0) is 32.4 Å². The minimum absolute atomic E-state index is 0.0947. The van der Waals surface area contributed by atoms with Crippen molar-refractivity contribution in [3.05, 3.63) is 32.9 Å². The summed E-state index contributed by atoms with van der Waals surface area (Å²) in [5.74, 6) is 0. The molecule has 1 aromatic rings. The molecule has 0 bridgehead atoms. The Kier molecular flexibility index (Phi) is 4.47. The first-order chi connectivity index (χ1) is 9.14. The normalized spacial score (nSPS) is 11.4. The molecule has 0 radical (unpaired) electrons. The molecular weight excluding hydrogens is 282 g/mol. The van der Waals surface area contributed by atoms with Crippen molar-refractivity contribution >= 4 is 15.7 Å². The van der Waals surface area contributed by atoms with Gasteiger partial charge in [0.1, 0.15) is 6.54 Å². The molecule has 0 saturated carbocycles. The van der Waals surface area contributed by atoms with E-state index in [2.05, 4.69) is 0 Å². The van der Waals surface area contributed by atoms with E-state index in [1.165, 1.54) is 20.0 Å². The Morgan fingerprint density at radius 3 is 2.35 bits per heavy atom. The maximum atomic E-state index is 12.4. The molecule has 0 fully saturated rings. The van der Waals surface area contributed by atoms with Crippen LogP contribution in [-0.2, 0) is 10.0 Å². The van der Waals surface area contributed by atoms with Crippen molar-refractivity contribution in [2.75, 3.05) is 13.6 Å². The lowest BCUT2D eigenvalue weighted by atomic mass is 10.1. The fourth-order valence-electron chi connectivity index (χ4n) is 2.18. The van der Waals surface area contributed by atoms with Crippen LogP contribution in [-0.4, -0.2) is 31.2 Å². The minimum Gasteiger partial charge on any atom is -0.258 e. The van der Waals surface area contributed by atoms with Gasteiger partial charge in [0.05, 0.1) is 15.9 Å². The topological polar surface area (TPSA) is 104 Å². The highest BCUT2D eigenvalue weighted by Crippen LogP contribution is 2.32. The molecule has 0 atom stereocenters. The molecular formula is C12H15N3O4S. The Morgan fingerprint density at radius 2 is 1.90 bits per heavy atom. The van der Waals surface area contributed by atoms with Gasteiger partial charge in [-0.15, -0.1) is 0 Å². The van der Waals surface area contributed by atoms with Crippen LogP contribution in [0.15, 0.2) is 11.0 Å². The molecule has 0 unspecified atom stereocenters.